The monoisotopic (exact) mass is 203 g/mol. The van der Waals surface area contributed by atoms with Crippen molar-refractivity contribution in [3.05, 3.63) is 51.2 Å². The maximum atomic E-state index is 10.5. The molecule has 0 bridgehead atoms. The molecule has 3 heteroatoms. The first-order chi connectivity index (χ1) is 7.16. The van der Waals surface area contributed by atoms with E-state index in [9.17, 15) is 10.1 Å². The molecule has 15 heavy (non-hydrogen) atoms. The van der Waals surface area contributed by atoms with Gasteiger partial charge < -0.3 is 0 Å². The summed E-state index contributed by atoms with van der Waals surface area (Å²) in [7, 11) is 0. The van der Waals surface area contributed by atoms with Gasteiger partial charge in [0.15, 0.2) is 0 Å². The van der Waals surface area contributed by atoms with Crippen molar-refractivity contribution in [1.29, 1.82) is 0 Å². The summed E-state index contributed by atoms with van der Waals surface area (Å²) in [5, 5.41) is 10.5. The Bertz CT molecular complexity index is 419. The van der Waals surface area contributed by atoms with E-state index >= 15 is 0 Å². The molecule has 0 aromatic heterocycles. The SMILES string of the molecule is CC(=Cc1cccc(C2CC2)c1)[N+](=O)[O-]. The Balaban J connectivity index is 2.24. The predicted octanol–water partition coefficient (Wildman–Crippen LogP) is 3.20. The minimum absolute atomic E-state index is 0.183. The van der Waals surface area contributed by atoms with E-state index < -0.39 is 0 Å². The Morgan fingerprint density at radius 2 is 2.27 bits per heavy atom. The largest absolute Gasteiger partial charge is 0.259 e. The van der Waals surface area contributed by atoms with Crippen molar-refractivity contribution in [2.45, 2.75) is 25.7 Å². The van der Waals surface area contributed by atoms with Crippen LogP contribution in [0.15, 0.2) is 30.0 Å². The molecule has 1 saturated carbocycles. The molecule has 1 fully saturated rings. The van der Waals surface area contributed by atoms with Gasteiger partial charge in [-0.15, -0.1) is 0 Å². The standard InChI is InChI=1S/C12H13NO2/c1-9(13(14)15)7-10-3-2-4-12(8-10)11-5-6-11/h2-4,7-8,11H,5-6H2,1H3. The molecule has 3 nitrogen and oxygen atoms in total. The van der Waals surface area contributed by atoms with Crippen molar-refractivity contribution in [3.63, 3.8) is 0 Å². The van der Waals surface area contributed by atoms with Gasteiger partial charge in [-0.05, 0) is 29.9 Å². The highest BCUT2D eigenvalue weighted by molar-refractivity contribution is 5.52. The second kappa shape index (κ2) is 3.85. The summed E-state index contributed by atoms with van der Waals surface area (Å²) >= 11 is 0. The van der Waals surface area contributed by atoms with Gasteiger partial charge in [0.25, 0.3) is 0 Å². The fraction of sp³-hybridized carbons (Fsp3) is 0.333. The molecule has 0 spiro atoms. The Morgan fingerprint density at radius 3 is 2.87 bits per heavy atom. The summed E-state index contributed by atoms with van der Waals surface area (Å²) < 4.78 is 0. The summed E-state index contributed by atoms with van der Waals surface area (Å²) in [6.07, 6.45) is 4.12. The highest BCUT2D eigenvalue weighted by Crippen LogP contribution is 2.40. The molecule has 0 N–H and O–H groups in total. The predicted molar refractivity (Wildman–Crippen MR) is 59.1 cm³/mol. The topological polar surface area (TPSA) is 43.1 Å². The van der Waals surface area contributed by atoms with Crippen LogP contribution < -0.4 is 0 Å². The molecular weight excluding hydrogens is 190 g/mol. The van der Waals surface area contributed by atoms with Crippen molar-refractivity contribution in [2.75, 3.05) is 0 Å². The van der Waals surface area contributed by atoms with Crippen LogP contribution in [0.25, 0.3) is 6.08 Å². The lowest BCUT2D eigenvalue weighted by atomic mass is 10.1. The zero-order chi connectivity index (χ0) is 10.8. The van der Waals surface area contributed by atoms with Crippen LogP contribution in [-0.2, 0) is 0 Å². The van der Waals surface area contributed by atoms with E-state index in [1.54, 1.807) is 6.08 Å². The summed E-state index contributed by atoms with van der Waals surface area (Å²) in [4.78, 5) is 10.1. The van der Waals surface area contributed by atoms with Crippen LogP contribution in [0.1, 0.15) is 36.8 Å². The van der Waals surface area contributed by atoms with E-state index in [1.165, 1.54) is 25.3 Å². The third-order valence-electron chi connectivity index (χ3n) is 2.62. The molecular formula is C12H13NO2. The van der Waals surface area contributed by atoms with Crippen LogP contribution in [0.2, 0.25) is 0 Å². The molecule has 2 rings (SSSR count). The first-order valence-electron chi connectivity index (χ1n) is 5.09. The van der Waals surface area contributed by atoms with Crippen LogP contribution in [0.4, 0.5) is 0 Å². The number of nitrogens with zero attached hydrogens (tertiary/aromatic N) is 1. The van der Waals surface area contributed by atoms with Crippen LogP contribution in [0.5, 0.6) is 0 Å². The molecule has 0 heterocycles. The Hall–Kier alpha value is -1.64. The molecule has 0 radical (unpaired) electrons. The van der Waals surface area contributed by atoms with E-state index in [0.717, 1.165) is 5.56 Å². The quantitative estimate of drug-likeness (QED) is 0.559. The van der Waals surface area contributed by atoms with Gasteiger partial charge in [-0.1, -0.05) is 24.3 Å². The van der Waals surface area contributed by atoms with E-state index in [1.807, 2.05) is 18.2 Å². The maximum Gasteiger partial charge on any atom is 0.243 e. The van der Waals surface area contributed by atoms with Crippen molar-refractivity contribution >= 4 is 6.08 Å². The molecule has 1 aliphatic carbocycles. The lowest BCUT2D eigenvalue weighted by Gasteiger charge is -1.99. The van der Waals surface area contributed by atoms with E-state index in [0.29, 0.717) is 5.92 Å². The van der Waals surface area contributed by atoms with Gasteiger partial charge in [-0.25, -0.2) is 0 Å². The number of benzene rings is 1. The average Bonchev–Trinajstić information content (AvgIpc) is 3.01. The lowest BCUT2D eigenvalue weighted by molar-refractivity contribution is -0.422. The molecule has 0 unspecified atom stereocenters. The molecule has 0 amide bonds. The fourth-order valence-electron chi connectivity index (χ4n) is 1.61. The first-order valence-corrected chi connectivity index (χ1v) is 5.09. The Labute approximate surface area is 88.6 Å². The molecule has 78 valence electrons. The minimum Gasteiger partial charge on any atom is -0.259 e. The Morgan fingerprint density at radius 1 is 1.53 bits per heavy atom. The second-order valence-corrected chi connectivity index (χ2v) is 3.99. The van der Waals surface area contributed by atoms with Gasteiger partial charge in [0.1, 0.15) is 0 Å². The third kappa shape index (κ3) is 2.43. The van der Waals surface area contributed by atoms with Crippen LogP contribution in [-0.4, -0.2) is 4.92 Å². The molecule has 0 saturated heterocycles. The number of nitro groups is 1. The van der Waals surface area contributed by atoms with Gasteiger partial charge >= 0.3 is 0 Å². The highest BCUT2D eigenvalue weighted by Gasteiger charge is 2.23. The van der Waals surface area contributed by atoms with Crippen molar-refractivity contribution in [1.82, 2.24) is 0 Å². The number of hydrogen-bond donors (Lipinski definition) is 0. The van der Waals surface area contributed by atoms with Crippen LogP contribution in [0.3, 0.4) is 0 Å². The zero-order valence-electron chi connectivity index (χ0n) is 8.64. The zero-order valence-corrected chi connectivity index (χ0v) is 8.64. The lowest BCUT2D eigenvalue weighted by Crippen LogP contribution is -1.93. The molecule has 0 aliphatic heterocycles. The van der Waals surface area contributed by atoms with Crippen LogP contribution >= 0.6 is 0 Å². The van der Waals surface area contributed by atoms with Crippen molar-refractivity contribution in [3.8, 4) is 0 Å². The Kier molecular flexibility index (Phi) is 2.54. The first kappa shape index (κ1) is 9.90. The van der Waals surface area contributed by atoms with Crippen molar-refractivity contribution < 1.29 is 4.92 Å². The molecule has 1 aliphatic rings. The van der Waals surface area contributed by atoms with Gasteiger partial charge in [-0.2, -0.15) is 0 Å². The van der Waals surface area contributed by atoms with Gasteiger partial charge in [0.2, 0.25) is 5.70 Å². The summed E-state index contributed by atoms with van der Waals surface area (Å²) in [6.45, 7) is 1.52. The van der Waals surface area contributed by atoms with Gasteiger partial charge in [-0.3, -0.25) is 10.1 Å². The normalized spacial score (nSPS) is 16.5. The molecule has 1 aromatic rings. The van der Waals surface area contributed by atoms with E-state index in [4.69, 9.17) is 0 Å². The highest BCUT2D eigenvalue weighted by atomic mass is 16.6. The summed E-state index contributed by atoms with van der Waals surface area (Å²) in [5.74, 6) is 0.689. The van der Waals surface area contributed by atoms with E-state index in [2.05, 4.69) is 6.07 Å². The fourth-order valence-corrected chi connectivity index (χ4v) is 1.61. The average molecular weight is 203 g/mol. The van der Waals surface area contributed by atoms with Gasteiger partial charge in [0.05, 0.1) is 4.92 Å². The summed E-state index contributed by atoms with van der Waals surface area (Å²) in [6, 6.07) is 8.01. The molecule has 1 aromatic carbocycles. The number of allylic oxidation sites excluding steroid dienone is 1. The molecule has 0 atom stereocenters. The van der Waals surface area contributed by atoms with E-state index in [-0.39, 0.29) is 10.6 Å². The van der Waals surface area contributed by atoms with Crippen LogP contribution in [0, 0.1) is 10.1 Å². The maximum absolute atomic E-state index is 10.5. The van der Waals surface area contributed by atoms with Gasteiger partial charge in [0, 0.05) is 13.0 Å². The smallest absolute Gasteiger partial charge is 0.243 e. The number of rotatable bonds is 3. The number of hydrogen-bond acceptors (Lipinski definition) is 2. The second-order valence-electron chi connectivity index (χ2n) is 3.99. The van der Waals surface area contributed by atoms with Crippen molar-refractivity contribution in [2.24, 2.45) is 0 Å². The minimum atomic E-state index is -0.357. The summed E-state index contributed by atoms with van der Waals surface area (Å²) in [5.41, 5.74) is 2.41. The third-order valence-corrected chi connectivity index (χ3v) is 2.62.